The number of ether oxygens (including phenoxy) is 2. The lowest BCUT2D eigenvalue weighted by atomic mass is 9.97. The Morgan fingerprint density at radius 1 is 1.31 bits per heavy atom. The van der Waals surface area contributed by atoms with E-state index < -0.39 is 5.41 Å². The third kappa shape index (κ3) is 3.35. The van der Waals surface area contributed by atoms with Crippen LogP contribution in [0.5, 0.6) is 0 Å². The van der Waals surface area contributed by atoms with Gasteiger partial charge in [0.15, 0.2) is 0 Å². The van der Waals surface area contributed by atoms with Gasteiger partial charge in [-0.25, -0.2) is 0 Å². The molecule has 0 spiro atoms. The highest BCUT2D eigenvalue weighted by atomic mass is 16.6. The molecule has 3 heteroatoms. The minimum atomic E-state index is -0.391. The van der Waals surface area contributed by atoms with Gasteiger partial charge in [0.1, 0.15) is 6.10 Å². The highest BCUT2D eigenvalue weighted by Gasteiger charge is 2.27. The topological polar surface area (TPSA) is 35.5 Å². The Balaban J connectivity index is 2.35. The van der Waals surface area contributed by atoms with E-state index in [1.165, 1.54) is 0 Å². The van der Waals surface area contributed by atoms with Crippen LogP contribution in [0, 0.1) is 5.41 Å². The Bertz CT molecular complexity index is 175. The van der Waals surface area contributed by atoms with E-state index in [-0.39, 0.29) is 12.1 Å². The number of carbonyl (C=O) groups is 1. The predicted molar refractivity (Wildman–Crippen MR) is 49.4 cm³/mol. The van der Waals surface area contributed by atoms with Gasteiger partial charge in [-0.15, -0.1) is 0 Å². The monoisotopic (exact) mass is 186 g/mol. The lowest BCUT2D eigenvalue weighted by molar-refractivity contribution is -0.162. The zero-order chi connectivity index (χ0) is 9.90. The van der Waals surface area contributed by atoms with Crippen molar-refractivity contribution in [1.29, 1.82) is 0 Å². The van der Waals surface area contributed by atoms with E-state index in [9.17, 15) is 4.79 Å². The maximum Gasteiger partial charge on any atom is 0.311 e. The first-order valence-electron chi connectivity index (χ1n) is 4.79. The van der Waals surface area contributed by atoms with Crippen molar-refractivity contribution in [1.82, 2.24) is 0 Å². The zero-order valence-corrected chi connectivity index (χ0v) is 8.63. The van der Waals surface area contributed by atoms with E-state index in [4.69, 9.17) is 9.47 Å². The summed E-state index contributed by atoms with van der Waals surface area (Å²) in [7, 11) is 0. The number of hydrogen-bond donors (Lipinski definition) is 0. The average Bonchev–Trinajstić information content (AvgIpc) is 2.04. The van der Waals surface area contributed by atoms with E-state index in [1.54, 1.807) is 0 Å². The fraction of sp³-hybridized carbons (Fsp3) is 0.900. The standard InChI is InChI=1S/C10H18O3/c1-10(2,3)9(11)13-8-4-6-12-7-5-8/h8H,4-7H2,1-3H3. The lowest BCUT2D eigenvalue weighted by Gasteiger charge is -2.26. The summed E-state index contributed by atoms with van der Waals surface area (Å²) in [5.74, 6) is -0.112. The molecule has 0 aliphatic carbocycles. The molecule has 1 aliphatic heterocycles. The Morgan fingerprint density at radius 2 is 1.85 bits per heavy atom. The minimum Gasteiger partial charge on any atom is -0.462 e. The summed E-state index contributed by atoms with van der Waals surface area (Å²) in [5, 5.41) is 0. The molecule has 1 aliphatic rings. The zero-order valence-electron chi connectivity index (χ0n) is 8.63. The van der Waals surface area contributed by atoms with Gasteiger partial charge >= 0.3 is 5.97 Å². The average molecular weight is 186 g/mol. The van der Waals surface area contributed by atoms with Gasteiger partial charge in [0.25, 0.3) is 0 Å². The summed E-state index contributed by atoms with van der Waals surface area (Å²) >= 11 is 0. The van der Waals surface area contributed by atoms with Crippen LogP contribution in [0.3, 0.4) is 0 Å². The van der Waals surface area contributed by atoms with E-state index in [1.807, 2.05) is 20.8 Å². The van der Waals surface area contributed by atoms with Crippen LogP contribution in [0.1, 0.15) is 33.6 Å². The Kier molecular flexibility index (Phi) is 3.31. The summed E-state index contributed by atoms with van der Waals surface area (Å²) in [6.07, 6.45) is 1.74. The minimum absolute atomic E-state index is 0.0699. The molecule has 0 saturated carbocycles. The highest BCUT2D eigenvalue weighted by molar-refractivity contribution is 5.75. The van der Waals surface area contributed by atoms with Crippen LogP contribution in [-0.2, 0) is 14.3 Å². The van der Waals surface area contributed by atoms with Crippen molar-refractivity contribution in [2.75, 3.05) is 13.2 Å². The smallest absolute Gasteiger partial charge is 0.311 e. The number of carbonyl (C=O) groups excluding carboxylic acids is 1. The molecular weight excluding hydrogens is 168 g/mol. The van der Waals surface area contributed by atoms with Crippen molar-refractivity contribution in [3.8, 4) is 0 Å². The van der Waals surface area contributed by atoms with Gasteiger partial charge in [0, 0.05) is 12.8 Å². The molecule has 0 aromatic carbocycles. The summed E-state index contributed by atoms with van der Waals surface area (Å²) < 4.78 is 10.5. The van der Waals surface area contributed by atoms with Crippen molar-refractivity contribution in [2.45, 2.75) is 39.7 Å². The van der Waals surface area contributed by atoms with Crippen molar-refractivity contribution in [3.05, 3.63) is 0 Å². The van der Waals surface area contributed by atoms with Crippen molar-refractivity contribution in [3.63, 3.8) is 0 Å². The van der Waals surface area contributed by atoms with Crippen molar-refractivity contribution in [2.24, 2.45) is 5.41 Å². The fourth-order valence-corrected chi connectivity index (χ4v) is 1.12. The Labute approximate surface area is 79.4 Å². The maximum absolute atomic E-state index is 11.5. The Morgan fingerprint density at radius 3 is 2.31 bits per heavy atom. The number of esters is 1. The molecule has 0 bridgehead atoms. The van der Waals surface area contributed by atoms with Crippen LogP contribution in [0.4, 0.5) is 0 Å². The molecule has 13 heavy (non-hydrogen) atoms. The van der Waals surface area contributed by atoms with E-state index in [2.05, 4.69) is 0 Å². The summed E-state index contributed by atoms with van der Waals surface area (Å²) in [4.78, 5) is 11.5. The molecule has 1 fully saturated rings. The Hall–Kier alpha value is -0.570. The molecule has 76 valence electrons. The largest absolute Gasteiger partial charge is 0.462 e. The second-order valence-corrected chi connectivity index (χ2v) is 4.47. The number of rotatable bonds is 1. The van der Waals surface area contributed by atoms with Crippen LogP contribution < -0.4 is 0 Å². The molecule has 1 heterocycles. The highest BCUT2D eigenvalue weighted by Crippen LogP contribution is 2.19. The summed E-state index contributed by atoms with van der Waals surface area (Å²) in [5.41, 5.74) is -0.391. The molecule has 0 aromatic heterocycles. The molecule has 1 saturated heterocycles. The second kappa shape index (κ2) is 4.09. The molecule has 3 nitrogen and oxygen atoms in total. The van der Waals surface area contributed by atoms with Crippen molar-refractivity contribution >= 4 is 5.97 Å². The molecule has 1 rings (SSSR count). The van der Waals surface area contributed by atoms with Crippen LogP contribution >= 0.6 is 0 Å². The van der Waals surface area contributed by atoms with Gasteiger partial charge in [-0.3, -0.25) is 4.79 Å². The molecule has 0 atom stereocenters. The SMILES string of the molecule is CC(C)(C)C(=O)OC1CCOCC1. The van der Waals surface area contributed by atoms with Gasteiger partial charge in [-0.05, 0) is 20.8 Å². The van der Waals surface area contributed by atoms with Crippen LogP contribution in [0.25, 0.3) is 0 Å². The van der Waals surface area contributed by atoms with Crippen LogP contribution in [0.2, 0.25) is 0 Å². The van der Waals surface area contributed by atoms with E-state index in [0.717, 1.165) is 12.8 Å². The van der Waals surface area contributed by atoms with Crippen molar-refractivity contribution < 1.29 is 14.3 Å². The van der Waals surface area contributed by atoms with Crippen LogP contribution in [0.15, 0.2) is 0 Å². The van der Waals surface area contributed by atoms with E-state index >= 15 is 0 Å². The molecule has 0 unspecified atom stereocenters. The van der Waals surface area contributed by atoms with Crippen LogP contribution in [-0.4, -0.2) is 25.3 Å². The van der Waals surface area contributed by atoms with Gasteiger partial charge in [0.2, 0.25) is 0 Å². The number of hydrogen-bond acceptors (Lipinski definition) is 3. The second-order valence-electron chi connectivity index (χ2n) is 4.47. The molecule has 0 N–H and O–H groups in total. The van der Waals surface area contributed by atoms with Gasteiger partial charge < -0.3 is 9.47 Å². The third-order valence-corrected chi connectivity index (χ3v) is 2.05. The van der Waals surface area contributed by atoms with Gasteiger partial charge in [-0.1, -0.05) is 0 Å². The third-order valence-electron chi connectivity index (χ3n) is 2.05. The lowest BCUT2D eigenvalue weighted by Crippen LogP contribution is -2.31. The van der Waals surface area contributed by atoms with Gasteiger partial charge in [0.05, 0.1) is 18.6 Å². The predicted octanol–water partition coefficient (Wildman–Crippen LogP) is 1.75. The van der Waals surface area contributed by atoms with E-state index in [0.29, 0.717) is 13.2 Å². The summed E-state index contributed by atoms with van der Waals surface area (Å²) in [6, 6.07) is 0. The normalized spacial score (nSPS) is 19.9. The molecule has 0 amide bonds. The molecule has 0 radical (unpaired) electrons. The molecular formula is C10H18O3. The quantitative estimate of drug-likeness (QED) is 0.585. The fourth-order valence-electron chi connectivity index (χ4n) is 1.12. The maximum atomic E-state index is 11.5. The first kappa shape index (κ1) is 10.5. The summed E-state index contributed by atoms with van der Waals surface area (Å²) in [6.45, 7) is 7.03. The van der Waals surface area contributed by atoms with Gasteiger partial charge in [-0.2, -0.15) is 0 Å². The first-order chi connectivity index (χ1) is 6.00. The first-order valence-corrected chi connectivity index (χ1v) is 4.79. The molecule has 0 aromatic rings.